The molecular formula is C20H22ClFN2O5S. The van der Waals surface area contributed by atoms with Crippen molar-refractivity contribution in [2.24, 2.45) is 0 Å². The van der Waals surface area contributed by atoms with E-state index in [1.807, 2.05) is 0 Å². The SMILES string of the molecule is CCN(CC)S(=O)(=O)c1ccc(C(=O)O[C@H](C)C(=O)Nc2ccc(F)cc2Cl)cc1. The van der Waals surface area contributed by atoms with Crippen LogP contribution in [0.2, 0.25) is 5.02 Å². The van der Waals surface area contributed by atoms with Crippen LogP contribution in [-0.2, 0) is 19.6 Å². The van der Waals surface area contributed by atoms with E-state index in [1.165, 1.54) is 41.6 Å². The highest BCUT2D eigenvalue weighted by Gasteiger charge is 2.23. The molecule has 1 N–H and O–H groups in total. The number of amides is 1. The fourth-order valence-corrected chi connectivity index (χ4v) is 4.26. The predicted octanol–water partition coefficient (Wildman–Crippen LogP) is 3.69. The third-order valence-corrected chi connectivity index (χ3v) is 6.65. The average molecular weight is 457 g/mol. The summed E-state index contributed by atoms with van der Waals surface area (Å²) < 4.78 is 44.5. The molecule has 0 aromatic heterocycles. The van der Waals surface area contributed by atoms with Crippen molar-refractivity contribution in [1.82, 2.24) is 4.31 Å². The molecule has 1 amide bonds. The third kappa shape index (κ3) is 5.56. The van der Waals surface area contributed by atoms with Crippen LogP contribution in [0.3, 0.4) is 0 Å². The summed E-state index contributed by atoms with van der Waals surface area (Å²) in [5.41, 5.74) is 0.268. The number of hydrogen-bond donors (Lipinski definition) is 1. The Balaban J connectivity index is 2.05. The highest BCUT2D eigenvalue weighted by molar-refractivity contribution is 7.89. The summed E-state index contributed by atoms with van der Waals surface area (Å²) in [5, 5.41) is 2.46. The number of esters is 1. The van der Waals surface area contributed by atoms with Gasteiger partial charge in [-0.05, 0) is 49.4 Å². The predicted molar refractivity (Wildman–Crippen MR) is 111 cm³/mol. The van der Waals surface area contributed by atoms with Crippen molar-refractivity contribution in [2.75, 3.05) is 18.4 Å². The van der Waals surface area contributed by atoms with Gasteiger partial charge in [-0.25, -0.2) is 17.6 Å². The van der Waals surface area contributed by atoms with E-state index in [0.29, 0.717) is 13.1 Å². The summed E-state index contributed by atoms with van der Waals surface area (Å²) in [6.07, 6.45) is -1.17. The van der Waals surface area contributed by atoms with Crippen LogP contribution in [0, 0.1) is 5.82 Å². The van der Waals surface area contributed by atoms with Crippen LogP contribution in [0.5, 0.6) is 0 Å². The third-order valence-electron chi connectivity index (χ3n) is 4.28. The number of benzene rings is 2. The summed E-state index contributed by atoms with van der Waals surface area (Å²) in [6.45, 7) is 5.49. The molecule has 0 saturated carbocycles. The van der Waals surface area contributed by atoms with E-state index in [-0.39, 0.29) is 21.2 Å². The van der Waals surface area contributed by atoms with Crippen LogP contribution < -0.4 is 5.32 Å². The molecule has 7 nitrogen and oxygen atoms in total. The van der Waals surface area contributed by atoms with Crippen molar-refractivity contribution < 1.29 is 27.1 Å². The van der Waals surface area contributed by atoms with Gasteiger partial charge in [-0.3, -0.25) is 4.79 Å². The van der Waals surface area contributed by atoms with E-state index < -0.39 is 33.8 Å². The Morgan fingerprint density at radius 3 is 2.27 bits per heavy atom. The van der Waals surface area contributed by atoms with Crippen molar-refractivity contribution in [3.05, 3.63) is 58.9 Å². The van der Waals surface area contributed by atoms with Crippen molar-refractivity contribution in [1.29, 1.82) is 0 Å². The van der Waals surface area contributed by atoms with Gasteiger partial charge in [0.1, 0.15) is 5.82 Å². The minimum Gasteiger partial charge on any atom is -0.449 e. The lowest BCUT2D eigenvalue weighted by Crippen LogP contribution is -2.31. The second kappa shape index (κ2) is 10.0. The molecule has 0 aliphatic rings. The first kappa shape index (κ1) is 23.8. The number of carbonyl (C=O) groups is 2. The smallest absolute Gasteiger partial charge is 0.338 e. The van der Waals surface area contributed by atoms with Gasteiger partial charge in [-0.2, -0.15) is 4.31 Å². The molecule has 162 valence electrons. The molecule has 10 heteroatoms. The number of ether oxygens (including phenoxy) is 1. The van der Waals surface area contributed by atoms with Gasteiger partial charge in [0, 0.05) is 13.1 Å². The Morgan fingerprint density at radius 2 is 1.73 bits per heavy atom. The van der Waals surface area contributed by atoms with Crippen molar-refractivity contribution >= 4 is 39.2 Å². The number of sulfonamides is 1. The lowest BCUT2D eigenvalue weighted by Gasteiger charge is -2.18. The van der Waals surface area contributed by atoms with Gasteiger partial charge >= 0.3 is 5.97 Å². The Bertz CT molecular complexity index is 1020. The molecule has 0 aliphatic heterocycles. The van der Waals surface area contributed by atoms with Crippen molar-refractivity contribution in [3.8, 4) is 0 Å². The van der Waals surface area contributed by atoms with E-state index >= 15 is 0 Å². The second-order valence-electron chi connectivity index (χ2n) is 6.27. The number of nitrogens with one attached hydrogen (secondary N) is 1. The van der Waals surface area contributed by atoms with E-state index in [9.17, 15) is 22.4 Å². The quantitative estimate of drug-likeness (QED) is 0.611. The highest BCUT2D eigenvalue weighted by Crippen LogP contribution is 2.23. The van der Waals surface area contributed by atoms with E-state index in [4.69, 9.17) is 16.3 Å². The van der Waals surface area contributed by atoms with Gasteiger partial charge < -0.3 is 10.1 Å². The van der Waals surface area contributed by atoms with Crippen LogP contribution in [0.25, 0.3) is 0 Å². The monoisotopic (exact) mass is 456 g/mol. The van der Waals surface area contributed by atoms with Crippen molar-refractivity contribution in [3.63, 3.8) is 0 Å². The Kier molecular flexibility index (Phi) is 7.94. The Morgan fingerprint density at radius 1 is 1.13 bits per heavy atom. The molecule has 0 heterocycles. The molecule has 0 spiro atoms. The number of carbonyl (C=O) groups excluding carboxylic acids is 2. The summed E-state index contributed by atoms with van der Waals surface area (Å²) in [4.78, 5) is 24.6. The Labute approximate surface area is 179 Å². The zero-order valence-electron chi connectivity index (χ0n) is 16.7. The first-order valence-corrected chi connectivity index (χ1v) is 11.0. The normalized spacial score (nSPS) is 12.5. The van der Waals surface area contributed by atoms with Crippen LogP contribution in [0.1, 0.15) is 31.1 Å². The summed E-state index contributed by atoms with van der Waals surface area (Å²) in [5.74, 6) is -2.00. The second-order valence-corrected chi connectivity index (χ2v) is 8.62. The number of nitrogens with zero attached hydrogens (tertiary/aromatic N) is 1. The number of hydrogen-bond acceptors (Lipinski definition) is 5. The summed E-state index contributed by atoms with van der Waals surface area (Å²) in [7, 11) is -3.64. The minimum absolute atomic E-state index is 0.00637. The topological polar surface area (TPSA) is 92.8 Å². The van der Waals surface area contributed by atoms with E-state index in [0.717, 1.165) is 12.1 Å². The molecule has 0 radical (unpaired) electrons. The van der Waals surface area contributed by atoms with Crippen LogP contribution >= 0.6 is 11.6 Å². The molecule has 2 rings (SSSR count). The lowest BCUT2D eigenvalue weighted by atomic mass is 10.2. The maximum absolute atomic E-state index is 13.1. The molecule has 0 aliphatic carbocycles. The number of halogens is 2. The zero-order valence-corrected chi connectivity index (χ0v) is 18.3. The van der Waals surface area contributed by atoms with Gasteiger partial charge in [-0.15, -0.1) is 0 Å². The van der Waals surface area contributed by atoms with Crippen molar-refractivity contribution in [2.45, 2.75) is 31.8 Å². The molecule has 1 atom stereocenters. The van der Waals surface area contributed by atoms with E-state index in [2.05, 4.69) is 5.32 Å². The van der Waals surface area contributed by atoms with E-state index in [1.54, 1.807) is 13.8 Å². The molecule has 0 saturated heterocycles. The number of rotatable bonds is 8. The minimum atomic E-state index is -3.64. The first-order chi connectivity index (χ1) is 14.1. The summed E-state index contributed by atoms with van der Waals surface area (Å²) in [6, 6.07) is 8.73. The molecule has 2 aromatic carbocycles. The average Bonchev–Trinajstić information content (AvgIpc) is 2.70. The van der Waals surface area contributed by atoms with Crippen LogP contribution in [0.4, 0.5) is 10.1 Å². The maximum atomic E-state index is 13.1. The maximum Gasteiger partial charge on any atom is 0.338 e. The van der Waals surface area contributed by atoms with Gasteiger partial charge in [-0.1, -0.05) is 25.4 Å². The van der Waals surface area contributed by atoms with Crippen LogP contribution in [-0.4, -0.2) is 43.8 Å². The number of anilines is 1. The first-order valence-electron chi connectivity index (χ1n) is 9.17. The van der Waals surface area contributed by atoms with Gasteiger partial charge in [0.2, 0.25) is 10.0 Å². The molecule has 2 aromatic rings. The zero-order chi connectivity index (χ0) is 22.5. The van der Waals surface area contributed by atoms with Crippen LogP contribution in [0.15, 0.2) is 47.4 Å². The van der Waals surface area contributed by atoms with Gasteiger partial charge in [0.25, 0.3) is 5.91 Å². The highest BCUT2D eigenvalue weighted by atomic mass is 35.5. The molecular weight excluding hydrogens is 435 g/mol. The standard InChI is InChI=1S/C20H22ClFN2O5S/c1-4-24(5-2)30(27,28)16-9-6-14(7-10-16)20(26)29-13(3)19(25)23-18-11-8-15(22)12-17(18)21/h6-13H,4-5H2,1-3H3,(H,23,25)/t13-/m1/s1. The molecule has 0 fully saturated rings. The fourth-order valence-electron chi connectivity index (χ4n) is 2.58. The Hall–Kier alpha value is -2.49. The molecule has 30 heavy (non-hydrogen) atoms. The molecule has 0 bridgehead atoms. The fraction of sp³-hybridized carbons (Fsp3) is 0.300. The molecule has 0 unspecified atom stereocenters. The van der Waals surface area contributed by atoms with Gasteiger partial charge in [0.05, 0.1) is 21.2 Å². The van der Waals surface area contributed by atoms with Gasteiger partial charge in [0.15, 0.2) is 6.10 Å². The summed E-state index contributed by atoms with van der Waals surface area (Å²) >= 11 is 5.86. The largest absolute Gasteiger partial charge is 0.449 e. The lowest BCUT2D eigenvalue weighted by molar-refractivity contribution is -0.123.